The van der Waals surface area contributed by atoms with Crippen LogP contribution in [0.15, 0.2) is 11.6 Å². The van der Waals surface area contributed by atoms with E-state index in [9.17, 15) is 0 Å². The van der Waals surface area contributed by atoms with Crippen LogP contribution in [0.25, 0.3) is 0 Å². The van der Waals surface area contributed by atoms with E-state index in [-0.39, 0.29) is 5.06 Å². The van der Waals surface area contributed by atoms with Crippen LogP contribution in [0.1, 0.15) is 6.92 Å². The zero-order valence-electron chi connectivity index (χ0n) is 5.50. The summed E-state index contributed by atoms with van der Waals surface area (Å²) in [6, 6.07) is 0. The number of thioether (sulfide) groups is 1. The van der Waals surface area contributed by atoms with Gasteiger partial charge in [0, 0.05) is 13.2 Å². The van der Waals surface area contributed by atoms with Gasteiger partial charge in [-0.3, -0.25) is 0 Å². The van der Waals surface area contributed by atoms with Gasteiger partial charge >= 0.3 is 0 Å². The van der Waals surface area contributed by atoms with Gasteiger partial charge in [-0.2, -0.15) is 0 Å². The highest BCUT2D eigenvalue weighted by Crippen LogP contribution is 2.52. The van der Waals surface area contributed by atoms with Crippen molar-refractivity contribution in [3.63, 3.8) is 0 Å². The molecule has 50 valence electrons. The Balaban J connectivity index is 2.17. The molecular weight excluding hydrogens is 134 g/mol. The van der Waals surface area contributed by atoms with Crippen molar-refractivity contribution in [2.45, 2.75) is 18.1 Å². The minimum atomic E-state index is 0. The summed E-state index contributed by atoms with van der Waals surface area (Å²) in [6.07, 6.45) is 2.44. The summed E-state index contributed by atoms with van der Waals surface area (Å²) in [4.78, 5) is 2.11. The van der Waals surface area contributed by atoms with Crippen LogP contribution in [0, 0.1) is 0 Å². The van der Waals surface area contributed by atoms with Gasteiger partial charge in [-0.15, -0.1) is 0 Å². The van der Waals surface area contributed by atoms with E-state index in [1.807, 2.05) is 13.2 Å². The number of rotatable bonds is 0. The van der Waals surface area contributed by atoms with Gasteiger partial charge in [0.1, 0.15) is 6.10 Å². The molecule has 2 aliphatic rings. The zero-order chi connectivity index (χ0) is 6.48. The van der Waals surface area contributed by atoms with E-state index in [2.05, 4.69) is 17.2 Å². The maximum absolute atomic E-state index is 5.40. The Hall–Kier alpha value is -0.150. The molecule has 2 aliphatic heterocycles. The summed E-state index contributed by atoms with van der Waals surface area (Å²) in [7, 11) is 2.04. The second-order valence-corrected chi connectivity index (χ2v) is 3.50. The number of nitrogens with zero attached hydrogens (tertiary/aromatic N) is 1. The summed E-state index contributed by atoms with van der Waals surface area (Å²) in [5, 5.41) is 2.07. The second kappa shape index (κ2) is 1.47. The quantitative estimate of drug-likeness (QED) is 0.474. The summed E-state index contributed by atoms with van der Waals surface area (Å²) >= 11 is 1.75. The van der Waals surface area contributed by atoms with Crippen molar-refractivity contribution in [1.82, 2.24) is 4.90 Å². The molecule has 0 bridgehead atoms. The summed E-state index contributed by atoms with van der Waals surface area (Å²) < 4.78 is 5.40. The Morgan fingerprint density at radius 3 is 2.67 bits per heavy atom. The second-order valence-electron chi connectivity index (χ2n) is 2.40. The smallest absolute Gasteiger partial charge is 0.220 e. The third-order valence-electron chi connectivity index (χ3n) is 1.82. The maximum Gasteiger partial charge on any atom is 0.220 e. The fourth-order valence-electron chi connectivity index (χ4n) is 1.12. The molecule has 0 aromatic heterocycles. The Kier molecular flexibility index (Phi) is 0.916. The molecule has 2 heterocycles. The molecule has 0 aliphatic carbocycles. The molecule has 0 aromatic rings. The highest BCUT2D eigenvalue weighted by molar-refractivity contribution is 8.03. The summed E-state index contributed by atoms with van der Waals surface area (Å²) in [6.45, 7) is 2.09. The van der Waals surface area contributed by atoms with Gasteiger partial charge in [-0.1, -0.05) is 11.8 Å². The number of epoxide rings is 1. The first-order valence-corrected chi connectivity index (χ1v) is 3.89. The molecule has 2 rings (SSSR count). The van der Waals surface area contributed by atoms with Crippen LogP contribution >= 0.6 is 11.8 Å². The Morgan fingerprint density at radius 1 is 1.78 bits per heavy atom. The van der Waals surface area contributed by atoms with Crippen molar-refractivity contribution < 1.29 is 4.74 Å². The number of hydrogen-bond acceptors (Lipinski definition) is 3. The number of likely N-dealkylation sites (N-methyl/N-ethyl adjacent to an activating group) is 1. The van der Waals surface area contributed by atoms with Crippen LogP contribution in [-0.2, 0) is 4.74 Å². The normalized spacial score (nSPS) is 46.9. The zero-order valence-corrected chi connectivity index (χ0v) is 6.31. The van der Waals surface area contributed by atoms with Gasteiger partial charge in [0.05, 0.1) is 0 Å². The van der Waals surface area contributed by atoms with Gasteiger partial charge in [0.2, 0.25) is 5.06 Å². The summed E-state index contributed by atoms with van der Waals surface area (Å²) in [5.74, 6) is 0. The lowest BCUT2D eigenvalue weighted by Crippen LogP contribution is -2.24. The molecule has 9 heavy (non-hydrogen) atoms. The fourth-order valence-corrected chi connectivity index (χ4v) is 2.18. The van der Waals surface area contributed by atoms with Crippen molar-refractivity contribution in [3.05, 3.63) is 11.6 Å². The first-order valence-electron chi connectivity index (χ1n) is 3.01. The molecule has 0 amide bonds. The number of ether oxygens (including phenoxy) is 1. The lowest BCUT2D eigenvalue weighted by atomic mass is 10.4. The largest absolute Gasteiger partial charge is 0.342 e. The monoisotopic (exact) mass is 143 g/mol. The third kappa shape index (κ3) is 0.563. The van der Waals surface area contributed by atoms with Crippen LogP contribution in [0.2, 0.25) is 0 Å². The van der Waals surface area contributed by atoms with E-state index >= 15 is 0 Å². The topological polar surface area (TPSA) is 15.8 Å². The Labute approximate surface area is 58.9 Å². The highest BCUT2D eigenvalue weighted by atomic mass is 32.2. The van der Waals surface area contributed by atoms with Crippen molar-refractivity contribution in [2.24, 2.45) is 0 Å². The van der Waals surface area contributed by atoms with E-state index in [1.54, 1.807) is 11.8 Å². The van der Waals surface area contributed by atoms with Crippen LogP contribution in [0.5, 0.6) is 0 Å². The molecule has 1 spiro atoms. The molecule has 1 fully saturated rings. The SMILES string of the molecule is CC1OC12SC=CN2C. The van der Waals surface area contributed by atoms with Gasteiger partial charge < -0.3 is 9.64 Å². The molecular formula is C6H9NOS. The van der Waals surface area contributed by atoms with Crippen molar-refractivity contribution >= 4 is 11.8 Å². The number of hydrogen-bond donors (Lipinski definition) is 0. The maximum atomic E-state index is 5.40. The molecule has 2 unspecified atom stereocenters. The van der Waals surface area contributed by atoms with Crippen LogP contribution in [0.3, 0.4) is 0 Å². The molecule has 2 atom stereocenters. The molecule has 0 aromatic carbocycles. The lowest BCUT2D eigenvalue weighted by molar-refractivity contribution is 0.243. The van der Waals surface area contributed by atoms with E-state index in [1.165, 1.54) is 0 Å². The molecule has 0 radical (unpaired) electrons. The van der Waals surface area contributed by atoms with Crippen molar-refractivity contribution in [2.75, 3.05) is 7.05 Å². The minimum Gasteiger partial charge on any atom is -0.342 e. The Morgan fingerprint density at radius 2 is 2.44 bits per heavy atom. The van der Waals surface area contributed by atoms with E-state index in [0.717, 1.165) is 0 Å². The van der Waals surface area contributed by atoms with Gasteiger partial charge in [-0.05, 0) is 12.3 Å². The van der Waals surface area contributed by atoms with Crippen molar-refractivity contribution in [3.8, 4) is 0 Å². The average Bonchev–Trinajstić information content (AvgIpc) is 2.29. The standard InChI is InChI=1S/C6H9NOS/c1-5-6(8-5)7(2)3-4-9-6/h3-5H,1-2H3. The fraction of sp³-hybridized carbons (Fsp3) is 0.667. The van der Waals surface area contributed by atoms with E-state index in [4.69, 9.17) is 4.74 Å². The third-order valence-corrected chi connectivity index (χ3v) is 3.13. The lowest BCUT2D eigenvalue weighted by Gasteiger charge is -2.14. The van der Waals surface area contributed by atoms with Crippen LogP contribution in [0.4, 0.5) is 0 Å². The average molecular weight is 143 g/mol. The first kappa shape index (κ1) is 5.62. The molecule has 1 saturated heterocycles. The van der Waals surface area contributed by atoms with Gasteiger partial charge in [0.25, 0.3) is 0 Å². The predicted molar refractivity (Wildman–Crippen MR) is 37.8 cm³/mol. The molecule has 0 N–H and O–H groups in total. The molecule has 3 heteroatoms. The highest BCUT2D eigenvalue weighted by Gasteiger charge is 2.58. The molecule has 0 saturated carbocycles. The van der Waals surface area contributed by atoms with Gasteiger partial charge in [0.15, 0.2) is 0 Å². The molecule has 2 nitrogen and oxygen atoms in total. The van der Waals surface area contributed by atoms with Crippen LogP contribution < -0.4 is 0 Å². The predicted octanol–water partition coefficient (Wildman–Crippen LogP) is 1.21. The Bertz CT molecular complexity index is 170. The van der Waals surface area contributed by atoms with Crippen LogP contribution in [-0.4, -0.2) is 23.1 Å². The first-order chi connectivity index (χ1) is 4.26. The van der Waals surface area contributed by atoms with Crippen molar-refractivity contribution in [1.29, 1.82) is 0 Å². The van der Waals surface area contributed by atoms with Gasteiger partial charge in [-0.25, -0.2) is 0 Å². The minimum absolute atomic E-state index is 0. The summed E-state index contributed by atoms with van der Waals surface area (Å²) in [5.41, 5.74) is 0. The van der Waals surface area contributed by atoms with E-state index in [0.29, 0.717) is 6.10 Å². The van der Waals surface area contributed by atoms with E-state index < -0.39 is 0 Å².